The van der Waals surface area contributed by atoms with Crippen molar-refractivity contribution in [2.75, 3.05) is 19.0 Å². The van der Waals surface area contributed by atoms with Gasteiger partial charge in [-0.15, -0.1) is 0 Å². The summed E-state index contributed by atoms with van der Waals surface area (Å²) < 4.78 is 34.7. The van der Waals surface area contributed by atoms with Gasteiger partial charge < -0.3 is 9.84 Å². The zero-order valence-corrected chi connectivity index (χ0v) is 9.87. The van der Waals surface area contributed by atoms with Gasteiger partial charge in [0.15, 0.2) is 0 Å². The number of hydrogen-bond acceptors (Lipinski definition) is 4. The van der Waals surface area contributed by atoms with Gasteiger partial charge in [-0.1, -0.05) is 26.2 Å². The van der Waals surface area contributed by atoms with Crippen LogP contribution in [0.3, 0.4) is 0 Å². The fraction of sp³-hybridized carbons (Fsp3) is 1.00. The van der Waals surface area contributed by atoms with E-state index in [2.05, 4.69) is 6.92 Å². The first-order valence-electron chi connectivity index (χ1n) is 5.17. The van der Waals surface area contributed by atoms with Gasteiger partial charge >= 0.3 is 29.6 Å². The molecule has 0 aromatic rings. The van der Waals surface area contributed by atoms with E-state index in [9.17, 15) is 8.42 Å². The quantitative estimate of drug-likeness (QED) is 0.353. The molecule has 0 saturated carbocycles. The van der Waals surface area contributed by atoms with E-state index in [1.807, 2.05) is 0 Å². The van der Waals surface area contributed by atoms with Crippen molar-refractivity contribution in [2.45, 2.75) is 38.7 Å². The summed E-state index contributed by atoms with van der Waals surface area (Å²) in [4.78, 5) is 0. The summed E-state index contributed by atoms with van der Waals surface area (Å²) in [5.74, 6) is -0.544. The Labute approximate surface area is 120 Å². The molecule has 0 radical (unpaired) electrons. The van der Waals surface area contributed by atoms with Crippen LogP contribution in [-0.2, 0) is 14.9 Å². The molecule has 5 nitrogen and oxygen atoms in total. The van der Waals surface area contributed by atoms with Crippen LogP contribution in [0.1, 0.15) is 32.6 Å². The molecule has 1 unspecified atom stereocenters. The molecule has 0 aromatic heterocycles. The van der Waals surface area contributed by atoms with Crippen molar-refractivity contribution >= 4 is 39.7 Å². The van der Waals surface area contributed by atoms with Gasteiger partial charge in [0, 0.05) is 6.61 Å². The number of aliphatic hydroxyl groups excluding tert-OH is 1. The molecule has 0 rings (SSSR count). The zero-order valence-electron chi connectivity index (χ0n) is 9.05. The van der Waals surface area contributed by atoms with Crippen LogP contribution in [0.5, 0.6) is 0 Å². The fourth-order valence-electron chi connectivity index (χ4n) is 1.17. The van der Waals surface area contributed by atoms with Crippen LogP contribution in [0.4, 0.5) is 0 Å². The molecule has 0 bridgehead atoms. The van der Waals surface area contributed by atoms with E-state index in [0.717, 1.165) is 25.7 Å². The molecule has 2 N–H and O–H groups in total. The summed E-state index contributed by atoms with van der Waals surface area (Å²) in [7, 11) is -4.07. The number of hydrogen-bond donors (Lipinski definition) is 2. The van der Waals surface area contributed by atoms with Crippen molar-refractivity contribution < 1.29 is 22.8 Å². The van der Waals surface area contributed by atoms with Crippen LogP contribution in [0, 0.1) is 0 Å². The standard InChI is InChI=1S/C9H20O5S.Na.H/c1-2-3-4-5-6-14-9(7-10)8-15(11,12)13;;/h9-10H,2-8H2,1H3,(H,11,12,13);;. The van der Waals surface area contributed by atoms with Crippen LogP contribution in [0.2, 0.25) is 0 Å². The Kier molecular flexibility index (Phi) is 13.1. The van der Waals surface area contributed by atoms with Crippen molar-refractivity contribution in [3.63, 3.8) is 0 Å². The number of ether oxygens (including phenoxy) is 1. The average molecular weight is 264 g/mol. The van der Waals surface area contributed by atoms with Gasteiger partial charge in [0.05, 0.1) is 12.7 Å². The second-order valence-corrected chi connectivity index (χ2v) is 4.98. The molecule has 7 heteroatoms. The molecule has 0 aromatic carbocycles. The molecule has 94 valence electrons. The van der Waals surface area contributed by atoms with Crippen LogP contribution >= 0.6 is 0 Å². The van der Waals surface area contributed by atoms with Gasteiger partial charge in [0.1, 0.15) is 5.75 Å². The van der Waals surface area contributed by atoms with Gasteiger partial charge in [-0.3, -0.25) is 4.55 Å². The Bertz CT molecular complexity index is 242. The summed E-state index contributed by atoms with van der Waals surface area (Å²) in [5, 5.41) is 8.79. The maximum atomic E-state index is 10.5. The Balaban J connectivity index is 0. The molecule has 0 spiro atoms. The van der Waals surface area contributed by atoms with Crippen molar-refractivity contribution in [2.24, 2.45) is 0 Å². The molecular weight excluding hydrogens is 243 g/mol. The third kappa shape index (κ3) is 12.9. The van der Waals surface area contributed by atoms with Gasteiger partial charge in [-0.2, -0.15) is 8.42 Å². The van der Waals surface area contributed by atoms with Crippen LogP contribution < -0.4 is 0 Å². The normalized spacial score (nSPS) is 13.2. The predicted octanol–water partition coefficient (Wildman–Crippen LogP) is 0.184. The third-order valence-corrected chi connectivity index (χ3v) is 2.74. The van der Waals surface area contributed by atoms with E-state index < -0.39 is 28.6 Å². The Morgan fingerprint density at radius 2 is 1.88 bits per heavy atom. The Morgan fingerprint density at radius 3 is 2.31 bits per heavy atom. The molecule has 0 saturated heterocycles. The summed E-state index contributed by atoms with van der Waals surface area (Å²) in [6, 6.07) is 0. The SMILES string of the molecule is CCCCCCOC(CO)CS(=O)(=O)O.[NaH]. The van der Waals surface area contributed by atoms with Crippen molar-refractivity contribution in [3.05, 3.63) is 0 Å². The van der Waals surface area contributed by atoms with Crippen LogP contribution in [0.25, 0.3) is 0 Å². The molecule has 0 aliphatic heterocycles. The van der Waals surface area contributed by atoms with Gasteiger partial charge in [0.25, 0.3) is 10.1 Å². The fourth-order valence-corrected chi connectivity index (χ4v) is 1.84. The first-order chi connectivity index (χ1) is 6.99. The van der Waals surface area contributed by atoms with E-state index in [-0.39, 0.29) is 29.6 Å². The molecule has 0 aliphatic rings. The predicted molar refractivity (Wildman–Crippen MR) is 64.5 cm³/mol. The van der Waals surface area contributed by atoms with Crippen molar-refractivity contribution in [1.82, 2.24) is 0 Å². The topological polar surface area (TPSA) is 83.8 Å². The number of unbranched alkanes of at least 4 members (excludes halogenated alkanes) is 3. The van der Waals surface area contributed by atoms with Gasteiger partial charge in [0.2, 0.25) is 0 Å². The molecule has 0 heterocycles. The molecule has 16 heavy (non-hydrogen) atoms. The van der Waals surface area contributed by atoms with Gasteiger partial charge in [-0.25, -0.2) is 0 Å². The van der Waals surface area contributed by atoms with Crippen LogP contribution in [-0.4, -0.2) is 72.7 Å². The second-order valence-electron chi connectivity index (χ2n) is 3.48. The third-order valence-electron chi connectivity index (χ3n) is 1.95. The van der Waals surface area contributed by atoms with E-state index in [1.165, 1.54) is 0 Å². The molecule has 0 aliphatic carbocycles. The molecular formula is C9H21NaO5S. The first-order valence-corrected chi connectivity index (χ1v) is 6.78. The van der Waals surface area contributed by atoms with E-state index >= 15 is 0 Å². The monoisotopic (exact) mass is 264 g/mol. The summed E-state index contributed by atoms with van der Waals surface area (Å²) >= 11 is 0. The van der Waals surface area contributed by atoms with Crippen molar-refractivity contribution in [3.8, 4) is 0 Å². The van der Waals surface area contributed by atoms with E-state index in [4.69, 9.17) is 14.4 Å². The Morgan fingerprint density at radius 1 is 1.25 bits per heavy atom. The zero-order chi connectivity index (χ0) is 11.7. The van der Waals surface area contributed by atoms with E-state index in [1.54, 1.807) is 0 Å². The van der Waals surface area contributed by atoms with Gasteiger partial charge in [-0.05, 0) is 6.42 Å². The van der Waals surface area contributed by atoms with E-state index in [0.29, 0.717) is 6.61 Å². The minimum absolute atomic E-state index is 0. The Hall–Kier alpha value is 0.830. The summed E-state index contributed by atoms with van der Waals surface area (Å²) in [6.07, 6.45) is 3.29. The van der Waals surface area contributed by atoms with Crippen LogP contribution in [0.15, 0.2) is 0 Å². The first kappa shape index (κ1) is 19.2. The maximum absolute atomic E-state index is 10.5. The minimum atomic E-state index is -4.07. The molecule has 0 fully saturated rings. The molecule has 1 atom stereocenters. The molecule has 0 amide bonds. The second kappa shape index (κ2) is 11.0. The number of rotatable bonds is 9. The van der Waals surface area contributed by atoms with Crippen molar-refractivity contribution in [1.29, 1.82) is 0 Å². The average Bonchev–Trinajstić information content (AvgIpc) is 2.14. The summed E-state index contributed by atoms with van der Waals surface area (Å²) in [6.45, 7) is 2.12. The number of aliphatic hydroxyl groups is 1. The summed E-state index contributed by atoms with van der Waals surface area (Å²) in [5.41, 5.74) is 0.